The van der Waals surface area contributed by atoms with E-state index in [2.05, 4.69) is 17.2 Å². The van der Waals surface area contributed by atoms with Crippen molar-refractivity contribution in [3.05, 3.63) is 16.1 Å². The maximum absolute atomic E-state index is 4.41. The molecule has 0 unspecified atom stereocenters. The van der Waals surface area contributed by atoms with Gasteiger partial charge in [-0.1, -0.05) is 6.92 Å². The van der Waals surface area contributed by atoms with E-state index < -0.39 is 0 Å². The minimum atomic E-state index is 0.797. The van der Waals surface area contributed by atoms with Crippen molar-refractivity contribution in [1.29, 1.82) is 0 Å². The number of nitrogens with one attached hydrogen (secondary N) is 1. The van der Waals surface area contributed by atoms with Crippen LogP contribution in [0.5, 0.6) is 0 Å². The summed E-state index contributed by atoms with van der Waals surface area (Å²) in [6.45, 7) is 3.20. The van der Waals surface area contributed by atoms with Gasteiger partial charge in [0.15, 0.2) is 0 Å². The van der Waals surface area contributed by atoms with Gasteiger partial charge in [0.05, 0.1) is 0 Å². The Labute approximate surface area is 93.5 Å². The van der Waals surface area contributed by atoms with Crippen molar-refractivity contribution in [2.75, 3.05) is 5.75 Å². The highest BCUT2D eigenvalue weighted by Crippen LogP contribution is 2.22. The molecule has 2 nitrogen and oxygen atoms in total. The average Bonchev–Trinajstić information content (AvgIpc) is 2.92. The van der Waals surface area contributed by atoms with Crippen LogP contribution in [0.4, 0.5) is 0 Å². The second-order valence-corrected chi connectivity index (χ2v) is 5.99. The zero-order valence-electron chi connectivity index (χ0n) is 8.45. The maximum atomic E-state index is 4.41. The van der Waals surface area contributed by atoms with Gasteiger partial charge in [-0.2, -0.15) is 11.8 Å². The van der Waals surface area contributed by atoms with Crippen molar-refractivity contribution in [3.63, 3.8) is 0 Å². The van der Waals surface area contributed by atoms with Gasteiger partial charge < -0.3 is 5.32 Å². The zero-order valence-corrected chi connectivity index (χ0v) is 10.1. The molecule has 0 atom stereocenters. The van der Waals surface area contributed by atoms with Crippen LogP contribution in [0.25, 0.3) is 0 Å². The number of rotatable bonds is 6. The molecule has 1 heterocycles. The number of hydrogen-bond acceptors (Lipinski definition) is 4. The molecule has 2 rings (SSSR count). The van der Waals surface area contributed by atoms with Crippen LogP contribution in [0.2, 0.25) is 0 Å². The molecule has 1 aromatic rings. The summed E-state index contributed by atoms with van der Waals surface area (Å²) in [5, 5.41) is 4.77. The van der Waals surface area contributed by atoms with Crippen LogP contribution in [-0.2, 0) is 12.3 Å². The predicted octanol–water partition coefficient (Wildman–Crippen LogP) is 2.65. The van der Waals surface area contributed by atoms with E-state index in [1.165, 1.54) is 28.5 Å². The van der Waals surface area contributed by atoms with E-state index in [0.29, 0.717) is 0 Å². The standard InChI is InChI=1S/C10H16N2S2/c1-2-13-7-10-12-6-9(14-10)5-11-8-3-4-8/h6,8,11H,2-5,7H2,1H3. The molecule has 0 bridgehead atoms. The minimum absolute atomic E-state index is 0.797. The molecular weight excluding hydrogens is 212 g/mol. The Balaban J connectivity index is 1.76. The molecule has 0 aromatic carbocycles. The third-order valence-corrected chi connectivity index (χ3v) is 4.24. The second kappa shape index (κ2) is 5.14. The van der Waals surface area contributed by atoms with Crippen molar-refractivity contribution in [2.24, 2.45) is 0 Å². The molecule has 0 radical (unpaired) electrons. The van der Waals surface area contributed by atoms with Crippen LogP contribution < -0.4 is 5.32 Å². The summed E-state index contributed by atoms with van der Waals surface area (Å²) in [7, 11) is 0. The molecule has 1 N–H and O–H groups in total. The van der Waals surface area contributed by atoms with Gasteiger partial charge in [0.25, 0.3) is 0 Å². The number of aromatic nitrogens is 1. The summed E-state index contributed by atoms with van der Waals surface area (Å²) in [4.78, 5) is 5.79. The Hall–Kier alpha value is -0.0600. The van der Waals surface area contributed by atoms with Gasteiger partial charge in [-0.05, 0) is 18.6 Å². The summed E-state index contributed by atoms with van der Waals surface area (Å²) in [5.74, 6) is 2.25. The molecule has 0 aliphatic heterocycles. The van der Waals surface area contributed by atoms with Crippen LogP contribution in [0.15, 0.2) is 6.20 Å². The Kier molecular flexibility index (Phi) is 3.84. The Bertz CT molecular complexity index is 281. The molecule has 0 spiro atoms. The van der Waals surface area contributed by atoms with Crippen LogP contribution in [0.1, 0.15) is 29.7 Å². The highest BCUT2D eigenvalue weighted by Gasteiger charge is 2.20. The molecule has 1 aliphatic rings. The Morgan fingerprint density at radius 2 is 2.50 bits per heavy atom. The van der Waals surface area contributed by atoms with Gasteiger partial charge >= 0.3 is 0 Å². The van der Waals surface area contributed by atoms with Crippen molar-refractivity contribution in [3.8, 4) is 0 Å². The number of hydrogen-bond donors (Lipinski definition) is 1. The van der Waals surface area contributed by atoms with Gasteiger partial charge in [0.2, 0.25) is 0 Å². The van der Waals surface area contributed by atoms with E-state index >= 15 is 0 Å². The highest BCUT2D eigenvalue weighted by atomic mass is 32.2. The van der Waals surface area contributed by atoms with Gasteiger partial charge in [-0.15, -0.1) is 11.3 Å². The molecule has 1 aromatic heterocycles. The van der Waals surface area contributed by atoms with E-state index in [-0.39, 0.29) is 0 Å². The van der Waals surface area contributed by atoms with Crippen molar-refractivity contribution < 1.29 is 0 Å². The third-order valence-electron chi connectivity index (χ3n) is 2.17. The van der Waals surface area contributed by atoms with E-state index in [1.54, 1.807) is 0 Å². The van der Waals surface area contributed by atoms with Crippen LogP contribution in [0, 0.1) is 0 Å². The third kappa shape index (κ3) is 3.26. The monoisotopic (exact) mass is 228 g/mol. The number of thioether (sulfide) groups is 1. The molecule has 1 aliphatic carbocycles. The lowest BCUT2D eigenvalue weighted by molar-refractivity contribution is 0.694. The number of thiazole rings is 1. The second-order valence-electron chi connectivity index (χ2n) is 3.51. The lowest BCUT2D eigenvalue weighted by Gasteiger charge is -1.97. The van der Waals surface area contributed by atoms with Crippen LogP contribution >= 0.6 is 23.1 Å². The molecular formula is C10H16N2S2. The lowest BCUT2D eigenvalue weighted by Crippen LogP contribution is -2.14. The summed E-state index contributed by atoms with van der Waals surface area (Å²) in [5.41, 5.74) is 0. The molecule has 0 amide bonds. The van der Waals surface area contributed by atoms with Gasteiger partial charge in [0.1, 0.15) is 5.01 Å². The van der Waals surface area contributed by atoms with Gasteiger partial charge in [-0.25, -0.2) is 4.98 Å². The maximum Gasteiger partial charge on any atom is 0.103 e. The quantitative estimate of drug-likeness (QED) is 0.810. The summed E-state index contributed by atoms with van der Waals surface area (Å²) >= 11 is 3.79. The first-order valence-electron chi connectivity index (χ1n) is 5.13. The first-order chi connectivity index (χ1) is 6.88. The van der Waals surface area contributed by atoms with E-state index in [1.807, 2.05) is 29.3 Å². The SMILES string of the molecule is CCSCc1ncc(CNC2CC2)s1. The van der Waals surface area contributed by atoms with Gasteiger partial charge in [-0.3, -0.25) is 0 Å². The first kappa shape index (κ1) is 10.5. The molecule has 14 heavy (non-hydrogen) atoms. The Morgan fingerprint density at radius 3 is 3.21 bits per heavy atom. The fourth-order valence-electron chi connectivity index (χ4n) is 1.22. The largest absolute Gasteiger partial charge is 0.309 e. The van der Waals surface area contributed by atoms with E-state index in [9.17, 15) is 0 Å². The van der Waals surface area contributed by atoms with E-state index in [4.69, 9.17) is 0 Å². The van der Waals surface area contributed by atoms with Crippen LogP contribution in [0.3, 0.4) is 0 Å². The highest BCUT2D eigenvalue weighted by molar-refractivity contribution is 7.98. The first-order valence-corrected chi connectivity index (χ1v) is 7.10. The Morgan fingerprint density at radius 1 is 1.64 bits per heavy atom. The van der Waals surface area contributed by atoms with Crippen molar-refractivity contribution >= 4 is 23.1 Å². The normalized spacial score (nSPS) is 16.1. The summed E-state index contributed by atoms with van der Waals surface area (Å²) < 4.78 is 0. The number of nitrogens with zero attached hydrogens (tertiary/aromatic N) is 1. The molecule has 4 heteroatoms. The van der Waals surface area contributed by atoms with Crippen LogP contribution in [-0.4, -0.2) is 16.8 Å². The van der Waals surface area contributed by atoms with Crippen molar-refractivity contribution in [2.45, 2.75) is 38.1 Å². The molecule has 1 fully saturated rings. The topological polar surface area (TPSA) is 24.9 Å². The lowest BCUT2D eigenvalue weighted by atomic mass is 10.5. The predicted molar refractivity (Wildman–Crippen MR) is 63.8 cm³/mol. The molecule has 78 valence electrons. The fourth-order valence-corrected chi connectivity index (χ4v) is 2.83. The van der Waals surface area contributed by atoms with E-state index in [0.717, 1.165) is 18.3 Å². The van der Waals surface area contributed by atoms with Gasteiger partial charge in [0, 0.05) is 29.4 Å². The van der Waals surface area contributed by atoms with Crippen molar-refractivity contribution in [1.82, 2.24) is 10.3 Å². The summed E-state index contributed by atoms with van der Waals surface area (Å²) in [6.07, 6.45) is 4.74. The zero-order chi connectivity index (χ0) is 9.80. The minimum Gasteiger partial charge on any atom is -0.309 e. The molecule has 1 saturated carbocycles. The summed E-state index contributed by atoms with van der Waals surface area (Å²) in [6, 6.07) is 0.797. The average molecular weight is 228 g/mol. The molecule has 0 saturated heterocycles. The fraction of sp³-hybridized carbons (Fsp3) is 0.700. The smallest absolute Gasteiger partial charge is 0.103 e.